The first-order valence-corrected chi connectivity index (χ1v) is 6.98. The van der Waals surface area contributed by atoms with Crippen LogP contribution in [0, 0.1) is 5.82 Å². The van der Waals surface area contributed by atoms with E-state index in [2.05, 4.69) is 15.7 Å². The number of nitrogens with one attached hydrogen (secondary N) is 1. The molecule has 1 heterocycles. The van der Waals surface area contributed by atoms with E-state index in [1.807, 2.05) is 13.1 Å². The van der Waals surface area contributed by atoms with Gasteiger partial charge < -0.3 is 5.32 Å². The average Bonchev–Trinajstić information content (AvgIpc) is 2.97. The van der Waals surface area contributed by atoms with Gasteiger partial charge in [-0.05, 0) is 32.0 Å². The molecule has 1 aliphatic rings. The number of nitrogens with zero attached hydrogens (tertiary/aromatic N) is 1. The van der Waals surface area contributed by atoms with Crippen LogP contribution in [0.25, 0.3) is 10.6 Å². The van der Waals surface area contributed by atoms with Crippen LogP contribution in [0.15, 0.2) is 29.6 Å². The second kappa shape index (κ2) is 4.44. The molecule has 0 aliphatic heterocycles. The molecule has 0 unspecified atom stereocenters. The van der Waals surface area contributed by atoms with Crippen molar-refractivity contribution >= 4 is 11.3 Å². The van der Waals surface area contributed by atoms with Gasteiger partial charge in [0, 0.05) is 22.9 Å². The molecule has 0 spiro atoms. The van der Waals surface area contributed by atoms with E-state index in [1.54, 1.807) is 23.5 Å². The highest BCUT2D eigenvalue weighted by Gasteiger charge is 2.45. The van der Waals surface area contributed by atoms with Crippen LogP contribution in [-0.2, 0) is 5.41 Å². The maximum absolute atomic E-state index is 13.2. The number of halogens is 1. The molecule has 1 saturated carbocycles. The summed E-state index contributed by atoms with van der Waals surface area (Å²) in [7, 11) is 1.97. The number of likely N-dealkylation sites (N-methyl/N-ethyl adjacent to an activating group) is 1. The summed E-state index contributed by atoms with van der Waals surface area (Å²) in [5.41, 5.74) is 2.25. The Balaban J connectivity index is 1.90. The zero-order valence-corrected chi connectivity index (χ0v) is 11.1. The molecular formula is C14H15FN2S. The van der Waals surface area contributed by atoms with E-state index >= 15 is 0 Å². The summed E-state index contributed by atoms with van der Waals surface area (Å²) in [6.45, 7) is 0.972. The monoisotopic (exact) mass is 262 g/mol. The molecular weight excluding hydrogens is 247 g/mol. The number of thiazole rings is 1. The molecule has 0 amide bonds. The molecule has 3 rings (SSSR count). The van der Waals surface area contributed by atoms with Gasteiger partial charge in [-0.1, -0.05) is 12.1 Å². The number of rotatable bonds is 4. The Morgan fingerprint density at radius 2 is 2.28 bits per heavy atom. The first kappa shape index (κ1) is 11.8. The second-order valence-corrected chi connectivity index (χ2v) is 5.72. The van der Waals surface area contributed by atoms with Gasteiger partial charge in [0.25, 0.3) is 0 Å². The van der Waals surface area contributed by atoms with Crippen molar-refractivity contribution in [3.05, 3.63) is 41.2 Å². The fourth-order valence-corrected chi connectivity index (χ4v) is 3.22. The van der Waals surface area contributed by atoms with Crippen molar-refractivity contribution in [3.8, 4) is 10.6 Å². The van der Waals surface area contributed by atoms with Crippen molar-refractivity contribution in [2.24, 2.45) is 0 Å². The summed E-state index contributed by atoms with van der Waals surface area (Å²) in [5.74, 6) is -0.208. The Labute approximate surface area is 110 Å². The van der Waals surface area contributed by atoms with Crippen molar-refractivity contribution in [2.45, 2.75) is 18.3 Å². The quantitative estimate of drug-likeness (QED) is 0.915. The van der Waals surface area contributed by atoms with E-state index in [0.29, 0.717) is 0 Å². The molecule has 1 N–H and O–H groups in total. The third-order valence-electron chi connectivity index (χ3n) is 3.49. The van der Waals surface area contributed by atoms with E-state index in [1.165, 1.54) is 18.9 Å². The third-order valence-corrected chi connectivity index (χ3v) is 4.38. The van der Waals surface area contributed by atoms with Gasteiger partial charge in [0.1, 0.15) is 10.8 Å². The van der Waals surface area contributed by atoms with Crippen LogP contribution >= 0.6 is 11.3 Å². The minimum atomic E-state index is -0.208. The molecule has 0 radical (unpaired) electrons. The van der Waals surface area contributed by atoms with Crippen molar-refractivity contribution in [3.63, 3.8) is 0 Å². The molecule has 0 atom stereocenters. The molecule has 1 aromatic heterocycles. The molecule has 4 heteroatoms. The normalized spacial score (nSPS) is 16.8. The van der Waals surface area contributed by atoms with Crippen LogP contribution in [0.2, 0.25) is 0 Å². The molecule has 1 aromatic carbocycles. The molecule has 2 nitrogen and oxygen atoms in total. The second-order valence-electron chi connectivity index (χ2n) is 4.86. The van der Waals surface area contributed by atoms with Gasteiger partial charge in [-0.2, -0.15) is 0 Å². The summed E-state index contributed by atoms with van der Waals surface area (Å²) in [6.07, 6.45) is 2.39. The predicted molar refractivity (Wildman–Crippen MR) is 72.3 cm³/mol. The van der Waals surface area contributed by atoms with E-state index in [9.17, 15) is 4.39 Å². The number of hydrogen-bond donors (Lipinski definition) is 1. The summed E-state index contributed by atoms with van der Waals surface area (Å²) in [4.78, 5) is 4.69. The fraction of sp³-hybridized carbons (Fsp3) is 0.357. The Kier molecular flexibility index (Phi) is 2.92. The van der Waals surface area contributed by atoms with Crippen LogP contribution < -0.4 is 5.32 Å². The molecule has 94 valence electrons. The molecule has 0 bridgehead atoms. The lowest BCUT2D eigenvalue weighted by atomic mass is 10.0. The Morgan fingerprint density at radius 1 is 1.44 bits per heavy atom. The van der Waals surface area contributed by atoms with Crippen LogP contribution in [0.4, 0.5) is 4.39 Å². The van der Waals surface area contributed by atoms with Gasteiger partial charge in [0.15, 0.2) is 0 Å². The highest BCUT2D eigenvalue weighted by molar-refractivity contribution is 7.13. The van der Waals surface area contributed by atoms with Crippen molar-refractivity contribution in [2.75, 3.05) is 13.6 Å². The molecule has 18 heavy (non-hydrogen) atoms. The first-order chi connectivity index (χ1) is 8.73. The van der Waals surface area contributed by atoms with Crippen molar-refractivity contribution in [1.29, 1.82) is 0 Å². The lowest BCUT2D eigenvalue weighted by molar-refractivity contribution is 0.611. The van der Waals surface area contributed by atoms with Crippen LogP contribution in [0.3, 0.4) is 0 Å². The van der Waals surface area contributed by atoms with Gasteiger partial charge in [0.05, 0.1) is 5.69 Å². The van der Waals surface area contributed by atoms with Crippen molar-refractivity contribution < 1.29 is 4.39 Å². The van der Waals surface area contributed by atoms with E-state index < -0.39 is 0 Å². The van der Waals surface area contributed by atoms with Gasteiger partial charge in [0.2, 0.25) is 0 Å². The number of benzene rings is 1. The Bertz CT molecular complexity index is 560. The maximum Gasteiger partial charge on any atom is 0.123 e. The topological polar surface area (TPSA) is 24.9 Å². The molecule has 2 aromatic rings. The predicted octanol–water partition coefficient (Wildman–Crippen LogP) is 3.20. The zero-order valence-electron chi connectivity index (χ0n) is 10.2. The first-order valence-electron chi connectivity index (χ1n) is 6.10. The zero-order chi connectivity index (χ0) is 12.6. The highest BCUT2D eigenvalue weighted by atomic mass is 32.1. The van der Waals surface area contributed by atoms with Crippen LogP contribution in [0.5, 0.6) is 0 Å². The van der Waals surface area contributed by atoms with Crippen molar-refractivity contribution in [1.82, 2.24) is 10.3 Å². The van der Waals surface area contributed by atoms with Crippen LogP contribution in [-0.4, -0.2) is 18.6 Å². The van der Waals surface area contributed by atoms with Gasteiger partial charge in [-0.15, -0.1) is 11.3 Å². The SMILES string of the molecule is CNCC1(c2csc(-c3cccc(F)c3)n2)CC1. The highest BCUT2D eigenvalue weighted by Crippen LogP contribution is 2.48. The molecule has 1 fully saturated rings. The average molecular weight is 262 g/mol. The van der Waals surface area contributed by atoms with E-state index in [4.69, 9.17) is 0 Å². The fourth-order valence-electron chi connectivity index (χ4n) is 2.28. The Hall–Kier alpha value is -1.26. The smallest absolute Gasteiger partial charge is 0.123 e. The van der Waals surface area contributed by atoms with E-state index in [0.717, 1.165) is 22.8 Å². The van der Waals surface area contributed by atoms with Gasteiger partial charge >= 0.3 is 0 Å². The van der Waals surface area contributed by atoms with Crippen LogP contribution in [0.1, 0.15) is 18.5 Å². The largest absolute Gasteiger partial charge is 0.319 e. The number of hydrogen-bond acceptors (Lipinski definition) is 3. The number of aromatic nitrogens is 1. The van der Waals surface area contributed by atoms with E-state index in [-0.39, 0.29) is 11.2 Å². The summed E-state index contributed by atoms with van der Waals surface area (Å²) in [5, 5.41) is 6.26. The summed E-state index contributed by atoms with van der Waals surface area (Å²) < 4.78 is 13.2. The molecule has 1 aliphatic carbocycles. The van der Waals surface area contributed by atoms with Gasteiger partial charge in [-0.3, -0.25) is 0 Å². The standard InChI is InChI=1S/C14H15FN2S/c1-16-9-14(5-6-14)12-8-18-13(17-12)10-3-2-4-11(15)7-10/h2-4,7-8,16H,5-6,9H2,1H3. The minimum Gasteiger partial charge on any atom is -0.319 e. The lowest BCUT2D eigenvalue weighted by Crippen LogP contribution is -2.23. The van der Waals surface area contributed by atoms with Gasteiger partial charge in [-0.25, -0.2) is 9.37 Å². The molecule has 0 saturated heterocycles. The maximum atomic E-state index is 13.2. The minimum absolute atomic E-state index is 0.208. The summed E-state index contributed by atoms with van der Waals surface area (Å²) in [6, 6.07) is 6.64. The third kappa shape index (κ3) is 2.06. The summed E-state index contributed by atoms with van der Waals surface area (Å²) >= 11 is 1.60. The Morgan fingerprint density at radius 3 is 2.94 bits per heavy atom. The lowest BCUT2D eigenvalue weighted by Gasteiger charge is -2.10.